The quantitative estimate of drug-likeness (QED) is 0.721. The minimum atomic E-state index is -4.76. The number of para-hydroxylation sites is 3. The zero-order valence-electron chi connectivity index (χ0n) is 14.0. The second-order valence-electron chi connectivity index (χ2n) is 5.81. The van der Waals surface area contributed by atoms with Crippen LogP contribution >= 0.6 is 0 Å². The van der Waals surface area contributed by atoms with E-state index in [2.05, 4.69) is 10.3 Å². The Labute approximate surface area is 151 Å². The summed E-state index contributed by atoms with van der Waals surface area (Å²) in [7, 11) is 0. The molecule has 0 saturated heterocycles. The molecule has 0 fully saturated rings. The number of rotatable bonds is 4. The van der Waals surface area contributed by atoms with Crippen LogP contribution in [0.25, 0.3) is 11.0 Å². The Morgan fingerprint density at radius 1 is 1.11 bits per heavy atom. The largest absolute Gasteiger partial charge is 0.478 e. The van der Waals surface area contributed by atoms with E-state index in [1.165, 1.54) is 43.3 Å². The lowest BCUT2D eigenvalue weighted by Gasteiger charge is -2.19. The average molecular weight is 377 g/mol. The van der Waals surface area contributed by atoms with Gasteiger partial charge < -0.3 is 15.0 Å². The van der Waals surface area contributed by atoms with Gasteiger partial charge in [-0.15, -0.1) is 0 Å². The second kappa shape index (κ2) is 6.75. The third-order valence-corrected chi connectivity index (χ3v) is 4.03. The molecule has 0 spiro atoms. The average Bonchev–Trinajstić information content (AvgIpc) is 3.01. The van der Waals surface area contributed by atoms with Crippen molar-refractivity contribution in [2.45, 2.75) is 19.1 Å². The summed E-state index contributed by atoms with van der Waals surface area (Å²) in [4.78, 5) is 27.4. The molecule has 140 valence electrons. The van der Waals surface area contributed by atoms with E-state index in [-0.39, 0.29) is 22.3 Å². The van der Waals surface area contributed by atoms with Crippen LogP contribution in [0.5, 0.6) is 0 Å². The number of carboxylic acid groups (broad SMARTS) is 1. The van der Waals surface area contributed by atoms with E-state index in [9.17, 15) is 27.9 Å². The van der Waals surface area contributed by atoms with Gasteiger partial charge >= 0.3 is 12.1 Å². The maximum atomic E-state index is 13.4. The van der Waals surface area contributed by atoms with Gasteiger partial charge in [0.1, 0.15) is 6.04 Å². The Balaban J connectivity index is 2.02. The van der Waals surface area contributed by atoms with Gasteiger partial charge in [0.2, 0.25) is 11.7 Å². The van der Waals surface area contributed by atoms with Crippen LogP contribution in [0.2, 0.25) is 0 Å². The van der Waals surface area contributed by atoms with Crippen molar-refractivity contribution in [3.8, 4) is 0 Å². The molecular formula is C18H14F3N3O3. The van der Waals surface area contributed by atoms with Gasteiger partial charge in [-0.2, -0.15) is 13.2 Å². The molecule has 0 aliphatic carbocycles. The van der Waals surface area contributed by atoms with Crippen LogP contribution in [-0.4, -0.2) is 26.5 Å². The van der Waals surface area contributed by atoms with E-state index in [1.807, 2.05) is 0 Å². The van der Waals surface area contributed by atoms with Crippen LogP contribution in [0.1, 0.15) is 29.1 Å². The molecule has 9 heteroatoms. The monoisotopic (exact) mass is 377 g/mol. The highest BCUT2D eigenvalue weighted by molar-refractivity contribution is 6.01. The van der Waals surface area contributed by atoms with Crippen molar-refractivity contribution in [2.24, 2.45) is 0 Å². The molecule has 2 N–H and O–H groups in total. The zero-order valence-corrected chi connectivity index (χ0v) is 14.0. The van der Waals surface area contributed by atoms with E-state index in [1.54, 1.807) is 12.1 Å². The molecule has 1 unspecified atom stereocenters. The highest BCUT2D eigenvalue weighted by Crippen LogP contribution is 2.34. The Morgan fingerprint density at radius 2 is 1.74 bits per heavy atom. The van der Waals surface area contributed by atoms with Crippen molar-refractivity contribution in [1.29, 1.82) is 0 Å². The first-order valence-electron chi connectivity index (χ1n) is 7.87. The molecule has 0 aliphatic heterocycles. The number of aromatic nitrogens is 2. The molecule has 0 bridgehead atoms. The number of halogens is 3. The van der Waals surface area contributed by atoms with Crippen molar-refractivity contribution in [3.05, 3.63) is 59.9 Å². The van der Waals surface area contributed by atoms with Crippen LogP contribution in [0, 0.1) is 0 Å². The maximum Gasteiger partial charge on any atom is 0.449 e. The normalized spacial score (nSPS) is 12.7. The highest BCUT2D eigenvalue weighted by atomic mass is 19.4. The summed E-state index contributed by atoms with van der Waals surface area (Å²) in [6, 6.07) is 10.3. The van der Waals surface area contributed by atoms with Gasteiger partial charge in [-0.05, 0) is 31.2 Å². The van der Waals surface area contributed by atoms with Crippen molar-refractivity contribution in [2.75, 3.05) is 5.32 Å². The Hall–Kier alpha value is -3.36. The SMILES string of the molecule is CC(C(=O)Nc1ccccc1C(=O)O)n1c(C(F)(F)F)nc2ccccc21. The molecule has 27 heavy (non-hydrogen) atoms. The number of fused-ring (bicyclic) bond motifs is 1. The standard InChI is InChI=1S/C18H14F3N3O3/c1-10(15(25)22-12-7-3-2-6-11(12)16(26)27)24-14-9-5-4-8-13(14)23-17(24)18(19,20)21/h2-10H,1H3,(H,22,25)(H,26,27). The number of nitrogens with one attached hydrogen (secondary N) is 1. The summed E-state index contributed by atoms with van der Waals surface area (Å²) < 4.78 is 41.0. The number of carbonyl (C=O) groups is 2. The second-order valence-corrected chi connectivity index (χ2v) is 5.81. The van der Waals surface area contributed by atoms with E-state index < -0.39 is 29.9 Å². The van der Waals surface area contributed by atoms with Gasteiger partial charge in [0, 0.05) is 0 Å². The van der Waals surface area contributed by atoms with Crippen molar-refractivity contribution in [3.63, 3.8) is 0 Å². The Kier molecular flexibility index (Phi) is 4.61. The number of anilines is 1. The number of imidazole rings is 1. The molecule has 6 nitrogen and oxygen atoms in total. The molecule has 3 rings (SSSR count). The summed E-state index contributed by atoms with van der Waals surface area (Å²) in [5.74, 6) is -3.25. The minimum Gasteiger partial charge on any atom is -0.478 e. The zero-order chi connectivity index (χ0) is 19.8. The van der Waals surface area contributed by atoms with E-state index in [4.69, 9.17) is 0 Å². The molecule has 2 aromatic carbocycles. The Bertz CT molecular complexity index is 1030. The Morgan fingerprint density at radius 3 is 2.41 bits per heavy atom. The number of amides is 1. The van der Waals surface area contributed by atoms with Crippen LogP contribution in [0.4, 0.5) is 18.9 Å². The van der Waals surface area contributed by atoms with Gasteiger partial charge in [-0.25, -0.2) is 9.78 Å². The molecular weight excluding hydrogens is 363 g/mol. The van der Waals surface area contributed by atoms with Crippen LogP contribution in [0.15, 0.2) is 48.5 Å². The number of nitrogens with zero attached hydrogens (tertiary/aromatic N) is 2. The minimum absolute atomic E-state index is 0.000158. The number of carbonyl (C=O) groups excluding carboxylic acids is 1. The number of hydrogen-bond donors (Lipinski definition) is 2. The van der Waals surface area contributed by atoms with Crippen molar-refractivity contribution in [1.82, 2.24) is 9.55 Å². The third kappa shape index (κ3) is 3.48. The van der Waals surface area contributed by atoms with Gasteiger partial charge in [0.25, 0.3) is 0 Å². The summed E-state index contributed by atoms with van der Waals surface area (Å²) >= 11 is 0. The van der Waals surface area contributed by atoms with Gasteiger partial charge in [0.05, 0.1) is 22.3 Å². The summed E-state index contributed by atoms with van der Waals surface area (Å²) in [5.41, 5.74) is 0.0961. The van der Waals surface area contributed by atoms with Crippen molar-refractivity contribution >= 4 is 28.6 Å². The highest BCUT2D eigenvalue weighted by Gasteiger charge is 2.39. The summed E-state index contributed by atoms with van der Waals surface area (Å²) in [6.45, 7) is 1.29. The van der Waals surface area contributed by atoms with Crippen molar-refractivity contribution < 1.29 is 27.9 Å². The van der Waals surface area contributed by atoms with Gasteiger partial charge in [0.15, 0.2) is 0 Å². The lowest BCUT2D eigenvalue weighted by atomic mass is 10.1. The number of carboxylic acids is 1. The van der Waals surface area contributed by atoms with E-state index >= 15 is 0 Å². The summed E-state index contributed by atoms with van der Waals surface area (Å²) in [6.07, 6.45) is -4.76. The lowest BCUT2D eigenvalue weighted by Crippen LogP contribution is -2.28. The maximum absolute atomic E-state index is 13.4. The van der Waals surface area contributed by atoms with Crippen LogP contribution < -0.4 is 5.32 Å². The van der Waals surface area contributed by atoms with Gasteiger partial charge in [-0.1, -0.05) is 24.3 Å². The third-order valence-electron chi connectivity index (χ3n) is 4.03. The molecule has 1 atom stereocenters. The molecule has 1 heterocycles. The van der Waals surface area contributed by atoms with E-state index in [0.29, 0.717) is 0 Å². The first-order chi connectivity index (χ1) is 12.7. The molecule has 1 amide bonds. The fraction of sp³-hybridized carbons (Fsp3) is 0.167. The first kappa shape index (κ1) is 18.4. The predicted molar refractivity (Wildman–Crippen MR) is 91.5 cm³/mol. The molecule has 0 radical (unpaired) electrons. The first-order valence-corrected chi connectivity index (χ1v) is 7.87. The fourth-order valence-corrected chi connectivity index (χ4v) is 2.77. The van der Waals surface area contributed by atoms with Crippen LogP contribution in [0.3, 0.4) is 0 Å². The number of alkyl halides is 3. The molecule has 0 aliphatic rings. The smallest absolute Gasteiger partial charge is 0.449 e. The van der Waals surface area contributed by atoms with E-state index in [0.717, 1.165) is 4.57 Å². The molecule has 0 saturated carbocycles. The van der Waals surface area contributed by atoms with Crippen LogP contribution in [-0.2, 0) is 11.0 Å². The predicted octanol–water partition coefficient (Wildman–Crippen LogP) is 3.95. The fourth-order valence-electron chi connectivity index (χ4n) is 2.77. The summed E-state index contributed by atoms with van der Waals surface area (Å²) in [5, 5.41) is 11.6. The number of aromatic carboxylic acids is 1. The topological polar surface area (TPSA) is 84.2 Å². The molecule has 1 aromatic heterocycles. The molecule has 3 aromatic rings. The number of hydrogen-bond acceptors (Lipinski definition) is 3. The number of benzene rings is 2. The lowest BCUT2D eigenvalue weighted by molar-refractivity contribution is -0.148. The van der Waals surface area contributed by atoms with Gasteiger partial charge in [-0.3, -0.25) is 4.79 Å².